The SMILES string of the molecule is COc1ccc(CN(C)CCCOc2ccc(NC(=O)c3cccc4c(=O)c5ccccc5[nH]c34)cc2)cc1OC. The highest BCUT2D eigenvalue weighted by molar-refractivity contribution is 6.13. The number of ether oxygens (including phenoxy) is 3. The van der Waals surface area contributed by atoms with Gasteiger partial charge in [0.2, 0.25) is 0 Å². The van der Waals surface area contributed by atoms with E-state index < -0.39 is 0 Å². The third-order valence-electron chi connectivity index (χ3n) is 6.95. The quantitative estimate of drug-likeness (QED) is 0.158. The molecule has 2 N–H and O–H groups in total. The number of carbonyl (C=O) groups is 1. The smallest absolute Gasteiger partial charge is 0.257 e. The van der Waals surface area contributed by atoms with Gasteiger partial charge in [-0.15, -0.1) is 0 Å². The second kappa shape index (κ2) is 12.6. The van der Waals surface area contributed by atoms with Crippen LogP contribution in [-0.4, -0.2) is 50.2 Å². The van der Waals surface area contributed by atoms with Gasteiger partial charge in [0.15, 0.2) is 16.9 Å². The number of methoxy groups -OCH3 is 2. The Morgan fingerprint density at radius 1 is 0.878 bits per heavy atom. The van der Waals surface area contributed by atoms with E-state index >= 15 is 0 Å². The van der Waals surface area contributed by atoms with Crippen LogP contribution in [0.4, 0.5) is 5.69 Å². The fourth-order valence-corrected chi connectivity index (χ4v) is 4.86. The molecule has 5 rings (SSSR count). The van der Waals surface area contributed by atoms with E-state index in [1.807, 2.05) is 48.5 Å². The first-order valence-corrected chi connectivity index (χ1v) is 13.4. The summed E-state index contributed by atoms with van der Waals surface area (Å²) in [5, 5.41) is 4.00. The molecule has 0 spiro atoms. The fraction of sp³-hybridized carbons (Fsp3) is 0.212. The molecule has 1 aromatic heterocycles. The third kappa shape index (κ3) is 6.34. The van der Waals surface area contributed by atoms with Crippen LogP contribution < -0.4 is 25.0 Å². The van der Waals surface area contributed by atoms with Gasteiger partial charge >= 0.3 is 0 Å². The van der Waals surface area contributed by atoms with E-state index in [0.717, 1.165) is 42.3 Å². The zero-order valence-electron chi connectivity index (χ0n) is 23.4. The molecule has 0 radical (unpaired) electrons. The molecule has 0 saturated carbocycles. The fourth-order valence-electron chi connectivity index (χ4n) is 4.86. The Kier molecular flexibility index (Phi) is 8.50. The molecule has 0 saturated heterocycles. The van der Waals surface area contributed by atoms with E-state index in [2.05, 4.69) is 22.2 Å². The highest BCUT2D eigenvalue weighted by Gasteiger charge is 2.14. The molecule has 0 aliphatic carbocycles. The molecule has 0 unspecified atom stereocenters. The number of benzene rings is 4. The minimum atomic E-state index is -0.298. The minimum absolute atomic E-state index is 0.0994. The van der Waals surface area contributed by atoms with E-state index in [9.17, 15) is 9.59 Å². The van der Waals surface area contributed by atoms with Gasteiger partial charge in [0.1, 0.15) is 5.75 Å². The van der Waals surface area contributed by atoms with Crippen molar-refractivity contribution in [3.8, 4) is 17.2 Å². The van der Waals surface area contributed by atoms with E-state index in [1.165, 1.54) is 0 Å². The van der Waals surface area contributed by atoms with Gasteiger partial charge in [0.25, 0.3) is 5.91 Å². The van der Waals surface area contributed by atoms with Crippen molar-refractivity contribution < 1.29 is 19.0 Å². The molecule has 5 aromatic rings. The summed E-state index contributed by atoms with van der Waals surface area (Å²) in [4.78, 5) is 31.6. The van der Waals surface area contributed by atoms with Crippen molar-refractivity contribution in [2.75, 3.05) is 39.7 Å². The first-order valence-electron chi connectivity index (χ1n) is 13.4. The zero-order valence-corrected chi connectivity index (χ0v) is 23.4. The maximum absolute atomic E-state index is 13.2. The summed E-state index contributed by atoms with van der Waals surface area (Å²) in [6.07, 6.45) is 0.857. The number of rotatable bonds is 11. The summed E-state index contributed by atoms with van der Waals surface area (Å²) in [5.74, 6) is 1.87. The maximum atomic E-state index is 13.2. The van der Waals surface area contributed by atoms with Gasteiger partial charge in [0.05, 0.1) is 31.9 Å². The number of para-hydroxylation sites is 2. The summed E-state index contributed by atoms with van der Waals surface area (Å²) in [6, 6.07) is 25.7. The van der Waals surface area contributed by atoms with Crippen LogP contribution in [0.1, 0.15) is 22.3 Å². The van der Waals surface area contributed by atoms with Crippen LogP contribution in [0.15, 0.2) is 89.7 Å². The molecule has 1 heterocycles. The molecule has 8 nitrogen and oxygen atoms in total. The number of amides is 1. The van der Waals surface area contributed by atoms with Gasteiger partial charge in [0, 0.05) is 35.1 Å². The molecule has 0 bridgehead atoms. The summed E-state index contributed by atoms with van der Waals surface area (Å²) < 4.78 is 16.6. The number of anilines is 1. The predicted octanol–water partition coefficient (Wildman–Crippen LogP) is 5.85. The molecular weight excluding hydrogens is 518 g/mol. The second-order valence-electron chi connectivity index (χ2n) is 9.84. The van der Waals surface area contributed by atoms with Crippen LogP contribution >= 0.6 is 0 Å². The van der Waals surface area contributed by atoms with E-state index in [0.29, 0.717) is 39.7 Å². The number of hydrogen-bond donors (Lipinski definition) is 2. The lowest BCUT2D eigenvalue weighted by Gasteiger charge is -2.18. The van der Waals surface area contributed by atoms with Crippen molar-refractivity contribution in [3.63, 3.8) is 0 Å². The lowest BCUT2D eigenvalue weighted by atomic mass is 10.1. The van der Waals surface area contributed by atoms with Crippen molar-refractivity contribution >= 4 is 33.4 Å². The maximum Gasteiger partial charge on any atom is 0.257 e. The summed E-state index contributed by atoms with van der Waals surface area (Å²) in [5.41, 5.74) is 3.30. The number of hydrogen-bond acceptors (Lipinski definition) is 6. The largest absolute Gasteiger partial charge is 0.494 e. The highest BCUT2D eigenvalue weighted by Crippen LogP contribution is 2.28. The lowest BCUT2D eigenvalue weighted by Crippen LogP contribution is -2.20. The molecule has 0 atom stereocenters. The average molecular weight is 552 g/mol. The molecule has 210 valence electrons. The first kappa shape index (κ1) is 27.7. The Hall–Kier alpha value is -4.82. The Bertz CT molecular complexity index is 1730. The molecule has 41 heavy (non-hydrogen) atoms. The number of aromatic nitrogens is 1. The van der Waals surface area contributed by atoms with Gasteiger partial charge in [-0.25, -0.2) is 0 Å². The number of carbonyl (C=O) groups excluding carboxylic acids is 1. The van der Waals surface area contributed by atoms with Crippen LogP contribution in [0.25, 0.3) is 21.8 Å². The number of pyridine rings is 1. The molecule has 0 aliphatic rings. The Balaban J connectivity index is 1.14. The van der Waals surface area contributed by atoms with Crippen LogP contribution in [0.2, 0.25) is 0 Å². The number of H-pyrrole nitrogens is 1. The van der Waals surface area contributed by atoms with E-state index in [-0.39, 0.29) is 11.3 Å². The third-order valence-corrected chi connectivity index (χ3v) is 6.95. The van der Waals surface area contributed by atoms with Gasteiger partial charge in [-0.2, -0.15) is 0 Å². The zero-order chi connectivity index (χ0) is 28.8. The van der Waals surface area contributed by atoms with E-state index in [1.54, 1.807) is 50.6 Å². The van der Waals surface area contributed by atoms with Crippen LogP contribution in [0, 0.1) is 0 Å². The standard InChI is InChI=1S/C33H33N3O5/c1-36(21-22-12-17-29(39-2)30(20-22)40-3)18-7-19-41-24-15-13-23(14-16-24)34-33(38)27-10-6-9-26-31(27)35-28-11-5-4-8-25(28)32(26)37/h4-6,8-17,20H,7,18-19,21H2,1-3H3,(H,34,38)(H,35,37). The van der Waals surface area contributed by atoms with Gasteiger partial charge < -0.3 is 29.4 Å². The van der Waals surface area contributed by atoms with Crippen LogP contribution in [-0.2, 0) is 6.54 Å². The first-order chi connectivity index (χ1) is 20.0. The molecule has 4 aromatic carbocycles. The van der Waals surface area contributed by atoms with Crippen LogP contribution in [0.3, 0.4) is 0 Å². The van der Waals surface area contributed by atoms with Gasteiger partial charge in [-0.1, -0.05) is 24.3 Å². The number of nitrogens with one attached hydrogen (secondary N) is 2. The van der Waals surface area contributed by atoms with Crippen molar-refractivity contribution in [1.29, 1.82) is 0 Å². The number of fused-ring (bicyclic) bond motifs is 2. The summed E-state index contributed by atoms with van der Waals surface area (Å²) >= 11 is 0. The highest BCUT2D eigenvalue weighted by atomic mass is 16.5. The van der Waals surface area contributed by atoms with Crippen molar-refractivity contribution in [2.45, 2.75) is 13.0 Å². The number of aromatic amines is 1. The second-order valence-corrected chi connectivity index (χ2v) is 9.84. The average Bonchev–Trinajstić information content (AvgIpc) is 3.00. The Morgan fingerprint density at radius 2 is 1.63 bits per heavy atom. The van der Waals surface area contributed by atoms with Crippen molar-refractivity contribution in [2.24, 2.45) is 0 Å². The Morgan fingerprint density at radius 3 is 2.41 bits per heavy atom. The normalized spacial score (nSPS) is 11.1. The molecule has 1 amide bonds. The summed E-state index contributed by atoms with van der Waals surface area (Å²) in [7, 11) is 5.34. The summed E-state index contributed by atoms with van der Waals surface area (Å²) in [6.45, 7) is 2.22. The molecule has 8 heteroatoms. The Labute approximate surface area is 238 Å². The van der Waals surface area contributed by atoms with E-state index in [4.69, 9.17) is 14.2 Å². The monoisotopic (exact) mass is 551 g/mol. The van der Waals surface area contributed by atoms with Crippen LogP contribution in [0.5, 0.6) is 17.2 Å². The number of nitrogens with zero attached hydrogens (tertiary/aromatic N) is 1. The van der Waals surface area contributed by atoms with Gasteiger partial charge in [-0.3, -0.25) is 9.59 Å². The van der Waals surface area contributed by atoms with Crippen molar-refractivity contribution in [3.05, 3.63) is 106 Å². The lowest BCUT2D eigenvalue weighted by molar-refractivity contribution is 0.102. The topological polar surface area (TPSA) is 92.9 Å². The molecular formula is C33H33N3O5. The van der Waals surface area contributed by atoms with Crippen molar-refractivity contribution in [1.82, 2.24) is 9.88 Å². The van der Waals surface area contributed by atoms with Gasteiger partial charge in [-0.05, 0) is 79.7 Å². The minimum Gasteiger partial charge on any atom is -0.494 e. The predicted molar refractivity (Wildman–Crippen MR) is 162 cm³/mol. The molecule has 0 fully saturated rings. The molecule has 0 aliphatic heterocycles.